The van der Waals surface area contributed by atoms with Gasteiger partial charge >= 0.3 is 0 Å². The van der Waals surface area contributed by atoms with Crippen LogP contribution in [0.25, 0.3) is 0 Å². The maximum atomic E-state index is 12.1. The van der Waals surface area contributed by atoms with Gasteiger partial charge in [-0.3, -0.25) is 9.59 Å². The molecule has 1 N–H and O–H groups in total. The quantitative estimate of drug-likeness (QED) is 0.867. The lowest BCUT2D eigenvalue weighted by atomic mass is 9.93. The molecule has 1 aliphatic rings. The van der Waals surface area contributed by atoms with E-state index < -0.39 is 0 Å². The van der Waals surface area contributed by atoms with E-state index in [0.717, 1.165) is 31.5 Å². The summed E-state index contributed by atoms with van der Waals surface area (Å²) in [7, 11) is 0. The predicted molar refractivity (Wildman–Crippen MR) is 86.8 cm³/mol. The fourth-order valence-corrected chi connectivity index (χ4v) is 2.81. The Labute approximate surface area is 137 Å². The number of aromatic nitrogens is 1. The van der Waals surface area contributed by atoms with E-state index in [-0.39, 0.29) is 11.8 Å². The lowest BCUT2D eigenvalue weighted by Crippen LogP contribution is -2.38. The Hall–Kier alpha value is -2.11. The largest absolute Gasteiger partial charge is 0.478 e. The van der Waals surface area contributed by atoms with Gasteiger partial charge in [0.05, 0.1) is 6.61 Å². The van der Waals surface area contributed by atoms with Gasteiger partial charge in [0, 0.05) is 44.7 Å². The van der Waals surface area contributed by atoms with E-state index in [2.05, 4.69) is 10.3 Å². The second-order valence-electron chi connectivity index (χ2n) is 5.83. The summed E-state index contributed by atoms with van der Waals surface area (Å²) >= 11 is 0. The third kappa shape index (κ3) is 5.23. The van der Waals surface area contributed by atoms with Crippen LogP contribution in [0.5, 0.6) is 5.88 Å². The Morgan fingerprint density at radius 3 is 2.78 bits per heavy atom. The Kier molecular flexibility index (Phi) is 6.38. The second kappa shape index (κ2) is 8.50. The maximum absolute atomic E-state index is 12.1. The van der Waals surface area contributed by atoms with Gasteiger partial charge in [0.25, 0.3) is 0 Å². The Morgan fingerprint density at radius 1 is 1.39 bits per heavy atom. The molecule has 0 aromatic carbocycles. The van der Waals surface area contributed by atoms with Crippen LogP contribution in [0.15, 0.2) is 18.3 Å². The molecule has 6 heteroatoms. The van der Waals surface area contributed by atoms with Crippen LogP contribution in [0.1, 0.15) is 38.7 Å². The van der Waals surface area contributed by atoms with Gasteiger partial charge in [-0.25, -0.2) is 4.98 Å². The molecule has 1 aliphatic heterocycles. The molecular weight excluding hydrogens is 294 g/mol. The number of carbonyl (C=O) groups excluding carboxylic acids is 2. The molecule has 0 bridgehead atoms. The molecule has 2 amide bonds. The lowest BCUT2D eigenvalue weighted by Gasteiger charge is -2.30. The number of nitrogens with one attached hydrogen (secondary N) is 1. The summed E-state index contributed by atoms with van der Waals surface area (Å²) in [5.41, 5.74) is 0.883. The minimum atomic E-state index is 0.0394. The molecule has 0 spiro atoms. The standard InChI is InChI=1S/C17H25N3O3/c1-3-23-17-15(5-4-8-18-17)12-19-16(22)11-14-6-9-20(10-7-14)13(2)21/h4-5,8,14H,3,6-7,9-12H2,1-2H3,(H,19,22). The van der Waals surface area contributed by atoms with Crippen molar-refractivity contribution in [1.29, 1.82) is 0 Å². The highest BCUT2D eigenvalue weighted by Gasteiger charge is 2.22. The molecule has 1 saturated heterocycles. The van der Waals surface area contributed by atoms with Crippen molar-refractivity contribution in [3.05, 3.63) is 23.9 Å². The molecule has 126 valence electrons. The topological polar surface area (TPSA) is 71.5 Å². The van der Waals surface area contributed by atoms with Gasteiger partial charge in [0.1, 0.15) is 0 Å². The van der Waals surface area contributed by atoms with E-state index in [1.54, 1.807) is 13.1 Å². The number of pyridine rings is 1. The van der Waals surface area contributed by atoms with Crippen LogP contribution in [0.4, 0.5) is 0 Å². The number of amides is 2. The molecule has 1 aromatic heterocycles. The molecule has 0 radical (unpaired) electrons. The van der Waals surface area contributed by atoms with Crippen molar-refractivity contribution in [2.45, 2.75) is 39.7 Å². The number of rotatable bonds is 6. The van der Waals surface area contributed by atoms with Crippen molar-refractivity contribution in [3.63, 3.8) is 0 Å². The van der Waals surface area contributed by atoms with Crippen LogP contribution in [0.3, 0.4) is 0 Å². The summed E-state index contributed by atoms with van der Waals surface area (Å²) in [6.07, 6.45) is 3.98. The number of nitrogens with zero attached hydrogens (tertiary/aromatic N) is 2. The summed E-state index contributed by atoms with van der Waals surface area (Å²) < 4.78 is 5.45. The first-order valence-electron chi connectivity index (χ1n) is 8.19. The number of carbonyl (C=O) groups is 2. The third-order valence-corrected chi connectivity index (χ3v) is 4.14. The van der Waals surface area contributed by atoms with E-state index in [1.807, 2.05) is 24.0 Å². The SMILES string of the molecule is CCOc1ncccc1CNC(=O)CC1CCN(C(C)=O)CC1. The van der Waals surface area contributed by atoms with Crippen molar-refractivity contribution in [2.75, 3.05) is 19.7 Å². The highest BCUT2D eigenvalue weighted by molar-refractivity contribution is 5.76. The molecule has 0 saturated carbocycles. The van der Waals surface area contributed by atoms with Crippen molar-refractivity contribution in [1.82, 2.24) is 15.2 Å². The van der Waals surface area contributed by atoms with Crippen LogP contribution in [0.2, 0.25) is 0 Å². The van der Waals surface area contributed by atoms with Crippen molar-refractivity contribution in [3.8, 4) is 5.88 Å². The van der Waals surface area contributed by atoms with Gasteiger partial charge in [-0.15, -0.1) is 0 Å². The molecule has 0 unspecified atom stereocenters. The first-order valence-corrected chi connectivity index (χ1v) is 8.19. The molecular formula is C17H25N3O3. The fraction of sp³-hybridized carbons (Fsp3) is 0.588. The van der Waals surface area contributed by atoms with Gasteiger partial charge in [-0.1, -0.05) is 6.07 Å². The highest BCUT2D eigenvalue weighted by Crippen LogP contribution is 2.20. The summed E-state index contributed by atoms with van der Waals surface area (Å²) in [5, 5.41) is 2.94. The minimum Gasteiger partial charge on any atom is -0.478 e. The number of hydrogen-bond acceptors (Lipinski definition) is 4. The average Bonchev–Trinajstić information content (AvgIpc) is 2.55. The lowest BCUT2D eigenvalue weighted by molar-refractivity contribution is -0.130. The molecule has 1 fully saturated rings. The molecule has 1 aromatic rings. The zero-order chi connectivity index (χ0) is 16.7. The molecule has 2 rings (SSSR count). The number of piperidine rings is 1. The van der Waals surface area contributed by atoms with Gasteiger partial charge in [0.15, 0.2) is 0 Å². The smallest absolute Gasteiger partial charge is 0.220 e. The van der Waals surface area contributed by atoms with Gasteiger partial charge in [-0.05, 0) is 31.7 Å². The van der Waals surface area contributed by atoms with Crippen molar-refractivity contribution >= 4 is 11.8 Å². The number of likely N-dealkylation sites (tertiary alicyclic amines) is 1. The van der Waals surface area contributed by atoms with Crippen LogP contribution >= 0.6 is 0 Å². The van der Waals surface area contributed by atoms with Crippen molar-refractivity contribution < 1.29 is 14.3 Å². The molecule has 6 nitrogen and oxygen atoms in total. The summed E-state index contributed by atoms with van der Waals surface area (Å²) in [6, 6.07) is 3.74. The fourth-order valence-electron chi connectivity index (χ4n) is 2.81. The van der Waals surface area contributed by atoms with Crippen LogP contribution in [-0.4, -0.2) is 41.4 Å². The van der Waals surface area contributed by atoms with Gasteiger partial charge in [-0.2, -0.15) is 0 Å². The van der Waals surface area contributed by atoms with Crippen molar-refractivity contribution in [2.24, 2.45) is 5.92 Å². The zero-order valence-corrected chi connectivity index (χ0v) is 13.9. The summed E-state index contributed by atoms with van der Waals surface area (Å²) in [4.78, 5) is 29.4. The van der Waals surface area contributed by atoms with E-state index in [1.165, 1.54) is 0 Å². The van der Waals surface area contributed by atoms with Gasteiger partial charge < -0.3 is 15.0 Å². The van der Waals surface area contributed by atoms with Crippen LogP contribution in [-0.2, 0) is 16.1 Å². The predicted octanol–water partition coefficient (Wildman–Crippen LogP) is 1.75. The first-order chi connectivity index (χ1) is 11.1. The maximum Gasteiger partial charge on any atom is 0.220 e. The Bertz CT molecular complexity index is 540. The molecule has 0 aliphatic carbocycles. The molecule has 2 heterocycles. The van der Waals surface area contributed by atoms with Gasteiger partial charge in [0.2, 0.25) is 17.7 Å². The van der Waals surface area contributed by atoms with E-state index in [4.69, 9.17) is 4.74 Å². The summed E-state index contributed by atoms with van der Waals surface area (Å²) in [6.45, 7) is 5.98. The van der Waals surface area contributed by atoms with Crippen LogP contribution < -0.4 is 10.1 Å². The molecule has 23 heavy (non-hydrogen) atoms. The third-order valence-electron chi connectivity index (χ3n) is 4.14. The second-order valence-corrected chi connectivity index (χ2v) is 5.83. The average molecular weight is 319 g/mol. The number of hydrogen-bond donors (Lipinski definition) is 1. The highest BCUT2D eigenvalue weighted by atomic mass is 16.5. The first kappa shape index (κ1) is 17.2. The summed E-state index contributed by atoms with van der Waals surface area (Å²) in [5.74, 6) is 1.08. The van der Waals surface area contributed by atoms with Crippen LogP contribution in [0, 0.1) is 5.92 Å². The van der Waals surface area contributed by atoms with E-state index in [0.29, 0.717) is 31.4 Å². The Balaban J connectivity index is 1.77. The Morgan fingerprint density at radius 2 is 2.13 bits per heavy atom. The van der Waals surface area contributed by atoms with E-state index >= 15 is 0 Å². The zero-order valence-electron chi connectivity index (χ0n) is 13.9. The normalized spacial score (nSPS) is 15.3. The molecule has 0 atom stereocenters. The number of ether oxygens (including phenoxy) is 1. The monoisotopic (exact) mass is 319 g/mol. The van der Waals surface area contributed by atoms with E-state index in [9.17, 15) is 9.59 Å². The minimum absolute atomic E-state index is 0.0394.